The Morgan fingerprint density at radius 3 is 2.62 bits per heavy atom. The number of rotatable bonds is 10. The first-order valence-electron chi connectivity index (χ1n) is 17.3. The molecule has 16 heteroatoms. The fourth-order valence-corrected chi connectivity index (χ4v) is 7.62. The maximum absolute atomic E-state index is 16.2. The van der Waals surface area contributed by atoms with Crippen molar-refractivity contribution in [3.63, 3.8) is 0 Å². The average Bonchev–Trinajstić information content (AvgIpc) is 3.79. The van der Waals surface area contributed by atoms with Gasteiger partial charge in [0.05, 0.1) is 55.6 Å². The van der Waals surface area contributed by atoms with Crippen molar-refractivity contribution >= 4 is 39.0 Å². The Bertz CT molecular complexity index is 2240. The number of nitrogens with zero attached hydrogens (tertiary/aromatic N) is 6. The van der Waals surface area contributed by atoms with Crippen molar-refractivity contribution in [1.29, 1.82) is 0 Å². The van der Waals surface area contributed by atoms with Crippen molar-refractivity contribution in [2.75, 3.05) is 33.4 Å². The summed E-state index contributed by atoms with van der Waals surface area (Å²) in [4.78, 5) is 37.4. The molecule has 2 aliphatic heterocycles. The second-order valence-electron chi connectivity index (χ2n) is 14.0. The van der Waals surface area contributed by atoms with Crippen LogP contribution in [-0.4, -0.2) is 80.6 Å². The maximum atomic E-state index is 16.2. The van der Waals surface area contributed by atoms with Crippen LogP contribution in [0.3, 0.4) is 0 Å². The number of halogens is 4. The van der Waals surface area contributed by atoms with Crippen LogP contribution < -0.4 is 0 Å². The second-order valence-corrected chi connectivity index (χ2v) is 14.9. The summed E-state index contributed by atoms with van der Waals surface area (Å²) in [5.74, 6) is -4.86. The number of fused-ring (bicyclic) bond motifs is 3. The van der Waals surface area contributed by atoms with Gasteiger partial charge in [0.25, 0.3) is 0 Å². The van der Waals surface area contributed by atoms with Crippen LogP contribution >= 0.6 is 11.3 Å². The van der Waals surface area contributed by atoms with Crippen LogP contribution in [0.15, 0.2) is 73.0 Å². The van der Waals surface area contributed by atoms with Crippen molar-refractivity contribution in [2.45, 2.75) is 58.3 Å². The summed E-state index contributed by atoms with van der Waals surface area (Å²) in [5.41, 5.74) is 0.456. The molecule has 0 bridgehead atoms. The van der Waals surface area contributed by atoms with Crippen LogP contribution in [0.1, 0.15) is 56.3 Å². The number of aromatic nitrogens is 4. The summed E-state index contributed by atoms with van der Waals surface area (Å²) >= 11 is 1.23. The Balaban J connectivity index is 1.58. The lowest BCUT2D eigenvalue weighted by Crippen LogP contribution is -2.46. The van der Waals surface area contributed by atoms with Crippen molar-refractivity contribution in [3.8, 4) is 22.6 Å². The molecule has 2 aliphatic rings. The molecule has 4 aromatic heterocycles. The lowest BCUT2D eigenvalue weighted by Gasteiger charge is -2.34. The molecule has 1 atom stereocenters. The molecular formula is C39H40F4N6O5S. The van der Waals surface area contributed by atoms with Gasteiger partial charge in [0, 0.05) is 52.7 Å². The third-order valence-corrected chi connectivity index (χ3v) is 10.0. The van der Waals surface area contributed by atoms with Crippen molar-refractivity contribution < 1.29 is 41.4 Å². The Hall–Kier alpha value is -5.35. The molecule has 0 aliphatic carbocycles. The van der Waals surface area contributed by atoms with Gasteiger partial charge < -0.3 is 19.1 Å². The van der Waals surface area contributed by atoms with Crippen molar-refractivity contribution in [1.82, 2.24) is 29.5 Å². The van der Waals surface area contributed by atoms with Gasteiger partial charge in [0.1, 0.15) is 40.9 Å². The van der Waals surface area contributed by atoms with E-state index < -0.39 is 41.7 Å². The third-order valence-electron chi connectivity index (χ3n) is 9.10. The van der Waals surface area contributed by atoms with Gasteiger partial charge in [-0.1, -0.05) is 13.2 Å². The largest absolute Gasteiger partial charge is 0.491 e. The summed E-state index contributed by atoms with van der Waals surface area (Å²) in [7, 11) is 1.47. The minimum atomic E-state index is -3.47. The molecule has 0 N–H and O–H groups in total. The predicted molar refractivity (Wildman–Crippen MR) is 200 cm³/mol. The van der Waals surface area contributed by atoms with E-state index in [1.54, 1.807) is 47.9 Å². The summed E-state index contributed by atoms with van der Waals surface area (Å²) in [6, 6.07) is 4.57. The van der Waals surface area contributed by atoms with Crippen LogP contribution in [0.4, 0.5) is 22.4 Å². The lowest BCUT2D eigenvalue weighted by atomic mass is 9.95. The fourth-order valence-electron chi connectivity index (χ4n) is 6.67. The standard InChI is InChI=1S/C39H40F4N6O5S/c1-8-30(50)48-12-13-49-29(22(48)2)18-28(46-49)34-32(31(27(41)9-11-40)23(3)53-15-14-52-7)35-26(10-16-55-35)33(45-34)24-17-25-20-47(37(51)54-38(4,5)6)21-39(42,43)36(25)44-19-24/h8-11,16-19,22H,1,3,12-15,20-21H2,2,4-7H3/b11-9+,31-27-/t22-/m1/s1. The molecule has 290 valence electrons. The van der Waals surface area contributed by atoms with E-state index in [1.807, 2.05) is 6.92 Å². The monoisotopic (exact) mass is 780 g/mol. The molecule has 0 unspecified atom stereocenters. The van der Waals surface area contributed by atoms with E-state index in [1.165, 1.54) is 36.8 Å². The first kappa shape index (κ1) is 39.3. The Labute approximate surface area is 319 Å². The summed E-state index contributed by atoms with van der Waals surface area (Å²) in [6.07, 6.45) is 2.33. The molecule has 0 fully saturated rings. The van der Waals surface area contributed by atoms with E-state index in [2.05, 4.69) is 18.1 Å². The highest BCUT2D eigenvalue weighted by atomic mass is 32.1. The number of thiophene rings is 1. The molecule has 6 heterocycles. The van der Waals surface area contributed by atoms with Gasteiger partial charge in [-0.25, -0.2) is 18.6 Å². The number of ether oxygens (including phenoxy) is 3. The second kappa shape index (κ2) is 15.4. The normalized spacial score (nSPS) is 17.1. The van der Waals surface area contributed by atoms with Gasteiger partial charge in [-0.15, -0.1) is 11.3 Å². The number of hydrogen-bond donors (Lipinski definition) is 0. The summed E-state index contributed by atoms with van der Waals surface area (Å²) < 4.78 is 79.3. The van der Waals surface area contributed by atoms with Gasteiger partial charge in [-0.05, 0) is 57.4 Å². The molecule has 11 nitrogen and oxygen atoms in total. The third kappa shape index (κ3) is 7.78. The summed E-state index contributed by atoms with van der Waals surface area (Å²) in [6.45, 7) is 14.1. The van der Waals surface area contributed by atoms with E-state index >= 15 is 13.2 Å². The Morgan fingerprint density at radius 1 is 1.16 bits per heavy atom. The van der Waals surface area contributed by atoms with Crippen LogP contribution in [0.2, 0.25) is 0 Å². The van der Waals surface area contributed by atoms with Gasteiger partial charge >= 0.3 is 12.0 Å². The minimum absolute atomic E-state index is 0.00901. The SMILES string of the molecule is C=CC(=O)N1CCn2nc(-c3nc(-c4cnc5c(c4)CN(C(=O)OC(C)(C)C)CC5(F)F)c4ccsc4c3/C(C(=C)OCCOC)=C(F)/C=C/F)cc2[C@H]1C. The Morgan fingerprint density at radius 2 is 1.93 bits per heavy atom. The van der Waals surface area contributed by atoms with Crippen molar-refractivity contribution in [2.24, 2.45) is 0 Å². The van der Waals surface area contributed by atoms with Crippen LogP contribution in [0, 0.1) is 0 Å². The zero-order valence-corrected chi connectivity index (χ0v) is 31.8. The van der Waals surface area contributed by atoms with E-state index in [-0.39, 0.29) is 65.8 Å². The quantitative estimate of drug-likeness (QED) is 0.0518. The Kier molecular flexibility index (Phi) is 11.0. The number of methoxy groups -OCH3 is 1. The molecule has 55 heavy (non-hydrogen) atoms. The first-order valence-corrected chi connectivity index (χ1v) is 18.2. The molecular weight excluding hydrogens is 741 g/mol. The van der Waals surface area contributed by atoms with Crippen LogP contribution in [-0.2, 0) is 38.0 Å². The van der Waals surface area contributed by atoms with Crippen LogP contribution in [0.5, 0.6) is 0 Å². The molecule has 2 amide bonds. The highest BCUT2D eigenvalue weighted by Crippen LogP contribution is 2.46. The zero-order valence-electron chi connectivity index (χ0n) is 31.0. The van der Waals surface area contributed by atoms with Gasteiger partial charge in [0.15, 0.2) is 0 Å². The molecule has 4 aromatic rings. The molecule has 0 spiro atoms. The zero-order chi connectivity index (χ0) is 39.8. The smallest absolute Gasteiger partial charge is 0.410 e. The number of pyridine rings is 2. The molecule has 0 aromatic carbocycles. The summed E-state index contributed by atoms with van der Waals surface area (Å²) in [5, 5.41) is 7.09. The first-order chi connectivity index (χ1) is 26.1. The molecule has 0 saturated heterocycles. The van der Waals surface area contributed by atoms with Gasteiger partial charge in [0.2, 0.25) is 5.91 Å². The fraction of sp³-hybridized carbons (Fsp3) is 0.359. The number of amides is 2. The minimum Gasteiger partial charge on any atom is -0.491 e. The highest BCUT2D eigenvalue weighted by molar-refractivity contribution is 7.17. The number of hydrogen-bond acceptors (Lipinski definition) is 9. The molecule has 0 radical (unpaired) electrons. The van der Waals surface area contributed by atoms with Gasteiger partial charge in [-0.3, -0.25) is 19.4 Å². The van der Waals surface area contributed by atoms with E-state index in [0.717, 1.165) is 4.90 Å². The van der Waals surface area contributed by atoms with Gasteiger partial charge in [-0.2, -0.15) is 13.9 Å². The molecule has 0 saturated carbocycles. The lowest BCUT2D eigenvalue weighted by molar-refractivity contribution is -0.129. The topological polar surface area (TPSA) is 112 Å². The van der Waals surface area contributed by atoms with E-state index in [0.29, 0.717) is 46.2 Å². The number of carbonyl (C=O) groups excluding carboxylic acids is 2. The predicted octanol–water partition coefficient (Wildman–Crippen LogP) is 8.49. The number of carbonyl (C=O) groups is 2. The average molecular weight is 781 g/mol. The van der Waals surface area contributed by atoms with Crippen molar-refractivity contribution in [3.05, 3.63) is 95.5 Å². The molecule has 6 rings (SSSR count). The van der Waals surface area contributed by atoms with E-state index in [9.17, 15) is 14.0 Å². The highest BCUT2D eigenvalue weighted by Gasteiger charge is 2.44. The number of alkyl halides is 2. The van der Waals surface area contributed by atoms with Crippen LogP contribution in [0.25, 0.3) is 38.3 Å². The maximum Gasteiger partial charge on any atom is 0.410 e. The number of allylic oxidation sites excluding steroid dienone is 3. The van der Waals surface area contributed by atoms with E-state index in [4.69, 9.17) is 24.3 Å².